The summed E-state index contributed by atoms with van der Waals surface area (Å²) in [5.41, 5.74) is 4.10. The molecule has 0 saturated heterocycles. The van der Waals surface area contributed by atoms with Crippen LogP contribution in [0.25, 0.3) is 11.1 Å². The maximum atomic E-state index is 14.4. The quantitative estimate of drug-likeness (QED) is 0.453. The summed E-state index contributed by atoms with van der Waals surface area (Å²) in [6.45, 7) is 2.89. The molecule has 35 heavy (non-hydrogen) atoms. The summed E-state index contributed by atoms with van der Waals surface area (Å²) in [6.07, 6.45) is 0.586. The van der Waals surface area contributed by atoms with Gasteiger partial charge in [-0.3, -0.25) is 14.9 Å². The Morgan fingerprint density at radius 2 is 1.66 bits per heavy atom. The average molecular weight is 474 g/mol. The monoisotopic (exact) mass is 474 g/mol. The lowest BCUT2D eigenvalue weighted by atomic mass is 9.98. The van der Waals surface area contributed by atoms with Gasteiger partial charge in [0.05, 0.1) is 5.56 Å². The van der Waals surface area contributed by atoms with Crippen molar-refractivity contribution in [3.05, 3.63) is 102 Å². The number of anilines is 1. The third kappa shape index (κ3) is 5.06. The van der Waals surface area contributed by atoms with E-state index in [9.17, 15) is 18.8 Å². The van der Waals surface area contributed by atoms with Crippen molar-refractivity contribution >= 4 is 23.7 Å². The minimum absolute atomic E-state index is 0.0748. The van der Waals surface area contributed by atoms with Crippen LogP contribution in [0.3, 0.4) is 0 Å². The highest BCUT2D eigenvalue weighted by Gasteiger charge is 2.29. The van der Waals surface area contributed by atoms with Crippen molar-refractivity contribution in [2.45, 2.75) is 5.92 Å². The molecule has 0 saturated carbocycles. The molecule has 2 N–H and O–H groups in total. The number of hydrogen-bond acceptors (Lipinski definition) is 4. The van der Waals surface area contributed by atoms with Crippen molar-refractivity contribution in [1.82, 2.24) is 4.90 Å². The fourth-order valence-electron chi connectivity index (χ4n) is 4.23. The lowest BCUT2D eigenvalue weighted by Gasteiger charge is -2.19. The van der Waals surface area contributed by atoms with Crippen LogP contribution in [-0.2, 0) is 9.53 Å². The van der Waals surface area contributed by atoms with Crippen LogP contribution in [0.5, 0.6) is 0 Å². The largest absolute Gasteiger partial charge is 0.480 e. The van der Waals surface area contributed by atoms with Gasteiger partial charge in [0.15, 0.2) is 0 Å². The SMILES string of the molecule is C=CCN(CC(=O)O)C(=O)c1cc(NC(=O)OCC2c3ccccc3-c3ccccc32)ccc1F. The van der Waals surface area contributed by atoms with Crippen molar-refractivity contribution in [2.24, 2.45) is 0 Å². The average Bonchev–Trinajstić information content (AvgIpc) is 3.17. The zero-order chi connectivity index (χ0) is 24.9. The molecule has 8 heteroatoms. The van der Waals surface area contributed by atoms with E-state index in [0.29, 0.717) is 0 Å². The first-order valence-electron chi connectivity index (χ1n) is 10.9. The van der Waals surface area contributed by atoms with Crippen LogP contribution in [-0.4, -0.2) is 47.7 Å². The maximum Gasteiger partial charge on any atom is 0.411 e. The second kappa shape index (κ2) is 10.2. The molecule has 1 aliphatic carbocycles. The standard InChI is InChI=1S/C27H23FN2O5/c1-2-13-30(15-25(31)32)26(33)22-14-17(11-12-24(22)28)29-27(34)35-16-23-20-9-5-3-7-18(20)19-8-4-6-10-21(19)23/h2-12,14,23H,1,13,15-16H2,(H,29,34)(H,31,32). The smallest absolute Gasteiger partial charge is 0.411 e. The Hall–Kier alpha value is -4.46. The Morgan fingerprint density at radius 1 is 1.03 bits per heavy atom. The Balaban J connectivity index is 1.46. The number of benzene rings is 3. The van der Waals surface area contributed by atoms with Crippen LogP contribution in [0, 0.1) is 5.82 Å². The number of carbonyl (C=O) groups excluding carboxylic acids is 2. The van der Waals surface area contributed by atoms with Crippen molar-refractivity contribution in [2.75, 3.05) is 25.0 Å². The number of carboxylic acids is 1. The lowest BCUT2D eigenvalue weighted by Crippen LogP contribution is -2.36. The Morgan fingerprint density at radius 3 is 2.26 bits per heavy atom. The van der Waals surface area contributed by atoms with E-state index in [2.05, 4.69) is 11.9 Å². The summed E-state index contributed by atoms with van der Waals surface area (Å²) >= 11 is 0. The number of nitrogens with one attached hydrogen (secondary N) is 1. The first kappa shape index (κ1) is 23.7. The molecule has 7 nitrogen and oxygen atoms in total. The van der Waals surface area contributed by atoms with Gasteiger partial charge < -0.3 is 14.7 Å². The van der Waals surface area contributed by atoms with Crippen molar-refractivity contribution in [3.63, 3.8) is 0 Å². The number of halogens is 1. The van der Waals surface area contributed by atoms with Gasteiger partial charge in [-0.2, -0.15) is 0 Å². The highest BCUT2D eigenvalue weighted by molar-refractivity contribution is 5.98. The molecule has 0 heterocycles. The highest BCUT2D eigenvalue weighted by Crippen LogP contribution is 2.44. The Kier molecular flexibility index (Phi) is 6.91. The second-order valence-corrected chi connectivity index (χ2v) is 8.01. The number of ether oxygens (including phenoxy) is 1. The zero-order valence-electron chi connectivity index (χ0n) is 18.7. The van der Waals surface area contributed by atoms with Gasteiger partial charge in [0, 0.05) is 18.2 Å². The lowest BCUT2D eigenvalue weighted by molar-refractivity contribution is -0.137. The summed E-state index contributed by atoms with van der Waals surface area (Å²) < 4.78 is 19.8. The number of nitrogens with zero attached hydrogens (tertiary/aromatic N) is 1. The normalized spacial score (nSPS) is 11.8. The molecule has 0 unspecified atom stereocenters. The molecule has 178 valence electrons. The number of carbonyl (C=O) groups is 3. The zero-order valence-corrected chi connectivity index (χ0v) is 18.7. The number of rotatable bonds is 8. The molecule has 0 radical (unpaired) electrons. The molecule has 3 aromatic carbocycles. The molecule has 2 amide bonds. The van der Waals surface area contributed by atoms with Gasteiger partial charge in [0.25, 0.3) is 5.91 Å². The van der Waals surface area contributed by atoms with Gasteiger partial charge >= 0.3 is 12.1 Å². The van der Waals surface area contributed by atoms with Crippen LogP contribution in [0.1, 0.15) is 27.4 Å². The molecule has 0 spiro atoms. The first-order valence-corrected chi connectivity index (χ1v) is 10.9. The van der Waals surface area contributed by atoms with Gasteiger partial charge in [-0.1, -0.05) is 54.6 Å². The van der Waals surface area contributed by atoms with Gasteiger partial charge in [-0.15, -0.1) is 6.58 Å². The molecule has 0 fully saturated rings. The molecule has 0 aromatic heterocycles. The van der Waals surface area contributed by atoms with Gasteiger partial charge in [0.2, 0.25) is 0 Å². The van der Waals surface area contributed by atoms with E-state index in [0.717, 1.165) is 39.3 Å². The molecule has 0 bridgehead atoms. The predicted molar refractivity (Wildman–Crippen MR) is 129 cm³/mol. The van der Waals surface area contributed by atoms with Crippen LogP contribution in [0.15, 0.2) is 79.4 Å². The summed E-state index contributed by atoms with van der Waals surface area (Å²) in [7, 11) is 0. The van der Waals surface area contributed by atoms with Gasteiger partial charge in [0.1, 0.15) is 19.0 Å². The van der Waals surface area contributed by atoms with E-state index in [1.165, 1.54) is 12.1 Å². The van der Waals surface area contributed by atoms with Crippen LogP contribution in [0.2, 0.25) is 0 Å². The topological polar surface area (TPSA) is 95.9 Å². The van der Waals surface area contributed by atoms with Gasteiger partial charge in [-0.25, -0.2) is 9.18 Å². The highest BCUT2D eigenvalue weighted by atomic mass is 19.1. The van der Waals surface area contributed by atoms with E-state index in [1.807, 2.05) is 48.5 Å². The van der Waals surface area contributed by atoms with Crippen molar-refractivity contribution in [3.8, 4) is 11.1 Å². The third-order valence-corrected chi connectivity index (χ3v) is 5.75. The second-order valence-electron chi connectivity index (χ2n) is 8.01. The number of carboxylic acid groups (broad SMARTS) is 1. The minimum atomic E-state index is -1.24. The molecule has 0 atom stereocenters. The predicted octanol–water partition coefficient (Wildman–Crippen LogP) is 4.90. The summed E-state index contributed by atoms with van der Waals surface area (Å²) in [5, 5.41) is 11.5. The minimum Gasteiger partial charge on any atom is -0.480 e. The Bertz CT molecular complexity index is 1260. The van der Waals surface area contributed by atoms with Gasteiger partial charge in [-0.05, 0) is 40.5 Å². The van der Waals surface area contributed by atoms with E-state index in [1.54, 1.807) is 0 Å². The molecule has 1 aliphatic rings. The molecule has 4 rings (SSSR count). The molecular formula is C27H23FN2O5. The van der Waals surface area contributed by atoms with Crippen molar-refractivity contribution in [1.29, 1.82) is 0 Å². The Labute approximate surface area is 201 Å². The van der Waals surface area contributed by atoms with Crippen molar-refractivity contribution < 1.29 is 28.6 Å². The summed E-state index contributed by atoms with van der Waals surface area (Å²) in [4.78, 5) is 37.2. The number of aliphatic carboxylic acids is 1. The molecule has 3 aromatic rings. The summed E-state index contributed by atoms with van der Waals surface area (Å²) in [5.74, 6) is -3.04. The van der Waals surface area contributed by atoms with Crippen LogP contribution in [0.4, 0.5) is 14.9 Å². The first-order chi connectivity index (χ1) is 16.9. The van der Waals surface area contributed by atoms with E-state index >= 15 is 0 Å². The fourth-order valence-corrected chi connectivity index (χ4v) is 4.23. The summed E-state index contributed by atoms with van der Waals surface area (Å²) in [6, 6.07) is 19.4. The van der Waals surface area contributed by atoms with Crippen LogP contribution >= 0.6 is 0 Å². The third-order valence-electron chi connectivity index (χ3n) is 5.75. The van der Waals surface area contributed by atoms with E-state index in [4.69, 9.17) is 9.84 Å². The number of hydrogen-bond donors (Lipinski definition) is 2. The van der Waals surface area contributed by atoms with E-state index in [-0.39, 0.29) is 30.3 Å². The maximum absolute atomic E-state index is 14.4. The molecule has 0 aliphatic heterocycles. The van der Waals surface area contributed by atoms with Crippen LogP contribution < -0.4 is 5.32 Å². The van der Waals surface area contributed by atoms with E-state index < -0.39 is 30.3 Å². The number of fused-ring (bicyclic) bond motifs is 3. The fraction of sp³-hybridized carbons (Fsp3) is 0.148. The number of amides is 2. The molecular weight excluding hydrogens is 451 g/mol.